The number of ether oxygens (including phenoxy) is 7. The van der Waals surface area contributed by atoms with Crippen LogP contribution in [-0.4, -0.2) is 83.1 Å². The van der Waals surface area contributed by atoms with Crippen LogP contribution in [0.1, 0.15) is 121 Å². The number of esters is 6. The van der Waals surface area contributed by atoms with Gasteiger partial charge in [0.05, 0.1) is 33.7 Å². The van der Waals surface area contributed by atoms with Crippen molar-refractivity contribution in [3.05, 3.63) is 126 Å². The lowest BCUT2D eigenvalue weighted by Gasteiger charge is -2.32. The predicted octanol–water partition coefficient (Wildman–Crippen LogP) is 11.4. The first-order valence-corrected chi connectivity index (χ1v) is 25.0. The van der Waals surface area contributed by atoms with Crippen LogP contribution in [0.3, 0.4) is 0 Å². The van der Waals surface area contributed by atoms with E-state index in [-0.39, 0.29) is 41.3 Å². The number of aryl methyl sites for hydroxylation is 2. The Balaban J connectivity index is 1.69. The molecular weight excluding hydrogens is 936 g/mol. The van der Waals surface area contributed by atoms with Crippen molar-refractivity contribution in [1.29, 1.82) is 0 Å². The maximum atomic E-state index is 16.0. The van der Waals surface area contributed by atoms with E-state index >= 15 is 4.39 Å². The molecule has 73 heavy (non-hydrogen) atoms. The first-order valence-electron chi connectivity index (χ1n) is 25.0. The van der Waals surface area contributed by atoms with Crippen molar-refractivity contribution in [2.24, 2.45) is 11.3 Å². The van der Waals surface area contributed by atoms with Gasteiger partial charge in [0, 0.05) is 27.9 Å². The third kappa shape index (κ3) is 18.0. The summed E-state index contributed by atoms with van der Waals surface area (Å²) >= 11 is 0. The van der Waals surface area contributed by atoms with E-state index in [9.17, 15) is 28.8 Å². The molecule has 14 heteroatoms. The van der Waals surface area contributed by atoms with Crippen molar-refractivity contribution in [3.8, 4) is 28.0 Å². The number of carbonyl (C=O) groups is 6. The van der Waals surface area contributed by atoms with Gasteiger partial charge in [-0.2, -0.15) is 0 Å². The molecule has 3 aromatic carbocycles. The van der Waals surface area contributed by atoms with Crippen LogP contribution >= 0.6 is 0 Å². The predicted molar refractivity (Wildman–Crippen MR) is 277 cm³/mol. The standard InChI is InChI=1S/C59H73FO13/c1-11-13-14-16-42-18-20-44(21-19-42)45-22-26-50(51(60)33-45)47-23-25-49(43(12-2)31-47)46-24-27-52(48(32-46)17-15-28-69-55(63)38(3)4)70-34-59(37-73-56(64)39(5)6,35-71-53(61)29-40(7)57(65)67-9)36-72-54(62)30-41(8)58(66)68-10/h22-27,31-33,42,44H,3,5,7-8,11-21,28-30,34-37H2,1-2,4,6,9-10H3. The Morgan fingerprint density at radius 2 is 1.16 bits per heavy atom. The average Bonchev–Trinajstić information content (AvgIpc) is 3.38. The van der Waals surface area contributed by atoms with Gasteiger partial charge in [-0.1, -0.05) is 102 Å². The fourth-order valence-corrected chi connectivity index (χ4v) is 8.63. The van der Waals surface area contributed by atoms with E-state index in [2.05, 4.69) is 48.8 Å². The fourth-order valence-electron chi connectivity index (χ4n) is 8.63. The average molecular weight is 1010 g/mol. The fraction of sp³-hybridized carbons (Fsp3) is 0.458. The van der Waals surface area contributed by atoms with Crippen molar-refractivity contribution in [3.63, 3.8) is 0 Å². The van der Waals surface area contributed by atoms with Crippen LogP contribution in [0.5, 0.6) is 5.75 Å². The van der Waals surface area contributed by atoms with Gasteiger partial charge in [-0.05, 0) is 122 Å². The van der Waals surface area contributed by atoms with Crippen LogP contribution < -0.4 is 4.74 Å². The molecule has 0 heterocycles. The second-order valence-corrected chi connectivity index (χ2v) is 19.0. The van der Waals surface area contributed by atoms with Crippen molar-refractivity contribution in [2.45, 2.75) is 117 Å². The minimum absolute atomic E-state index is 0.0564. The number of carbonyl (C=O) groups excluding carboxylic acids is 6. The second kappa shape index (κ2) is 29.0. The molecule has 0 unspecified atom stereocenters. The van der Waals surface area contributed by atoms with Crippen molar-refractivity contribution >= 4 is 35.8 Å². The number of rotatable bonds is 29. The molecule has 1 aliphatic rings. The molecule has 4 rings (SSSR count). The molecule has 394 valence electrons. The zero-order valence-electron chi connectivity index (χ0n) is 43.6. The molecule has 0 amide bonds. The molecule has 0 saturated heterocycles. The van der Waals surface area contributed by atoms with Gasteiger partial charge in [-0.3, -0.25) is 9.59 Å². The van der Waals surface area contributed by atoms with Crippen LogP contribution in [0, 0.1) is 17.2 Å². The SMILES string of the molecule is C=C(C)C(=O)OCCCc1cc(-c2ccc(-c3ccc(C4CCC(CCCCC)CC4)cc3F)cc2CC)ccc1OCC(COC(=O)CC(=C)C(=O)OC)(COC(=O)CC(=C)C(=O)OC)COC(=O)C(=C)C. The Bertz CT molecular complexity index is 2450. The molecule has 0 radical (unpaired) electrons. The Hall–Kier alpha value is -6.83. The number of unbranched alkanes of at least 4 members (excludes halogenated alkanes) is 2. The van der Waals surface area contributed by atoms with Crippen molar-refractivity contribution in [1.82, 2.24) is 0 Å². The quantitative estimate of drug-likeness (QED) is 0.0279. The van der Waals surface area contributed by atoms with E-state index in [1.807, 2.05) is 43.3 Å². The maximum absolute atomic E-state index is 16.0. The highest BCUT2D eigenvalue weighted by atomic mass is 19.1. The molecule has 0 bridgehead atoms. The Morgan fingerprint density at radius 1 is 0.616 bits per heavy atom. The zero-order valence-corrected chi connectivity index (χ0v) is 43.6. The molecule has 0 spiro atoms. The highest BCUT2D eigenvalue weighted by Gasteiger charge is 2.38. The first-order chi connectivity index (χ1) is 34.8. The lowest BCUT2D eigenvalue weighted by molar-refractivity contribution is -0.163. The van der Waals surface area contributed by atoms with Gasteiger partial charge in [-0.15, -0.1) is 0 Å². The molecule has 1 aliphatic carbocycles. The Morgan fingerprint density at radius 3 is 1.73 bits per heavy atom. The second-order valence-electron chi connectivity index (χ2n) is 19.0. The van der Waals surface area contributed by atoms with E-state index < -0.39 is 73.9 Å². The lowest BCUT2D eigenvalue weighted by Crippen LogP contribution is -2.44. The molecule has 1 saturated carbocycles. The summed E-state index contributed by atoms with van der Waals surface area (Å²) in [5, 5.41) is 0. The van der Waals surface area contributed by atoms with Gasteiger partial charge >= 0.3 is 35.8 Å². The number of hydrogen-bond acceptors (Lipinski definition) is 13. The summed E-state index contributed by atoms with van der Waals surface area (Å²) in [5.74, 6) is -3.54. The van der Waals surface area contributed by atoms with Crippen LogP contribution in [-0.2, 0) is 70.0 Å². The van der Waals surface area contributed by atoms with E-state index in [0.29, 0.717) is 42.1 Å². The monoisotopic (exact) mass is 1010 g/mol. The molecular formula is C59H73FO13. The maximum Gasteiger partial charge on any atom is 0.333 e. The van der Waals surface area contributed by atoms with Crippen LogP contribution in [0.25, 0.3) is 22.3 Å². The number of halogens is 1. The largest absolute Gasteiger partial charge is 0.492 e. The summed E-state index contributed by atoms with van der Waals surface area (Å²) in [7, 11) is 2.27. The van der Waals surface area contributed by atoms with Gasteiger partial charge in [0.15, 0.2) is 0 Å². The van der Waals surface area contributed by atoms with E-state index in [1.54, 1.807) is 19.1 Å². The van der Waals surface area contributed by atoms with Gasteiger partial charge in [0.2, 0.25) is 0 Å². The summed E-state index contributed by atoms with van der Waals surface area (Å²) in [6, 6.07) is 17.2. The van der Waals surface area contributed by atoms with Crippen molar-refractivity contribution in [2.75, 3.05) is 47.3 Å². The van der Waals surface area contributed by atoms with Gasteiger partial charge < -0.3 is 33.2 Å². The molecule has 13 nitrogen and oxygen atoms in total. The van der Waals surface area contributed by atoms with Crippen LogP contribution in [0.4, 0.5) is 4.39 Å². The van der Waals surface area contributed by atoms with Gasteiger partial charge in [0.1, 0.15) is 43.4 Å². The summed E-state index contributed by atoms with van der Waals surface area (Å²) < 4.78 is 54.1. The number of hydrogen-bond donors (Lipinski definition) is 0. The number of methoxy groups -OCH3 is 2. The summed E-state index contributed by atoms with van der Waals surface area (Å²) in [4.78, 5) is 75.4. The van der Waals surface area contributed by atoms with E-state index in [0.717, 1.165) is 60.8 Å². The zero-order chi connectivity index (χ0) is 53.7. The van der Waals surface area contributed by atoms with Gasteiger partial charge in [0.25, 0.3) is 0 Å². The summed E-state index contributed by atoms with van der Waals surface area (Å²) in [5.41, 5.74) is 4.07. The van der Waals surface area contributed by atoms with E-state index in [1.165, 1.54) is 45.4 Å². The molecule has 0 aliphatic heterocycles. The number of benzene rings is 3. The Labute approximate surface area is 430 Å². The minimum Gasteiger partial charge on any atom is -0.492 e. The summed E-state index contributed by atoms with van der Waals surface area (Å²) in [6.45, 7) is 19.7. The van der Waals surface area contributed by atoms with Crippen molar-refractivity contribution < 1.29 is 66.3 Å². The summed E-state index contributed by atoms with van der Waals surface area (Å²) in [6.07, 6.45) is 9.88. The highest BCUT2D eigenvalue weighted by Crippen LogP contribution is 2.40. The molecule has 3 aromatic rings. The molecule has 0 aromatic heterocycles. The molecule has 0 atom stereocenters. The normalized spacial score (nSPS) is 14.2. The van der Waals surface area contributed by atoms with E-state index in [4.69, 9.17) is 23.7 Å². The molecule has 1 fully saturated rings. The third-order valence-corrected chi connectivity index (χ3v) is 13.0. The smallest absolute Gasteiger partial charge is 0.333 e. The highest BCUT2D eigenvalue weighted by molar-refractivity contribution is 5.94. The van der Waals surface area contributed by atoms with Gasteiger partial charge in [-0.25, -0.2) is 23.6 Å². The lowest BCUT2D eigenvalue weighted by atomic mass is 9.77. The first kappa shape index (κ1) is 58.7. The minimum atomic E-state index is -1.60. The van der Waals surface area contributed by atoms with Crippen LogP contribution in [0.2, 0.25) is 0 Å². The topological polar surface area (TPSA) is 167 Å². The third-order valence-electron chi connectivity index (χ3n) is 13.0. The molecule has 0 N–H and O–H groups in total. The van der Waals surface area contributed by atoms with Crippen LogP contribution in [0.15, 0.2) is 103 Å². The Kier molecular flexibility index (Phi) is 23.3.